The van der Waals surface area contributed by atoms with Gasteiger partial charge in [-0.25, -0.2) is 4.98 Å². The van der Waals surface area contributed by atoms with Crippen LogP contribution in [0, 0.1) is 5.92 Å². The summed E-state index contributed by atoms with van der Waals surface area (Å²) < 4.78 is 0. The number of carbonyl (C=O) groups excluding carboxylic acids is 1. The molecule has 2 fully saturated rings. The van der Waals surface area contributed by atoms with Gasteiger partial charge in [-0.05, 0) is 19.4 Å². The van der Waals surface area contributed by atoms with Crippen molar-refractivity contribution in [1.82, 2.24) is 20.1 Å². The minimum atomic E-state index is 0. The van der Waals surface area contributed by atoms with E-state index in [1.807, 2.05) is 0 Å². The number of rotatable bonds is 3. The van der Waals surface area contributed by atoms with Crippen molar-refractivity contribution in [3.8, 4) is 0 Å². The monoisotopic (exact) mass is 422 g/mol. The Balaban J connectivity index is 0.00000169. The number of piperidine rings is 1. The number of aromatic nitrogens is 1. The molecule has 1 aromatic heterocycles. The topological polar surface area (TPSA) is 48.5 Å². The predicted molar refractivity (Wildman–Crippen MR) is 113 cm³/mol. The fourth-order valence-corrected chi connectivity index (χ4v) is 4.30. The van der Waals surface area contributed by atoms with E-state index < -0.39 is 0 Å². The van der Waals surface area contributed by atoms with E-state index in [1.165, 1.54) is 10.7 Å². The number of carbonyl (C=O) groups is 1. The van der Waals surface area contributed by atoms with Crippen molar-refractivity contribution >= 4 is 42.1 Å². The van der Waals surface area contributed by atoms with Crippen LogP contribution < -0.4 is 5.32 Å². The molecule has 3 rings (SSSR count). The van der Waals surface area contributed by atoms with Crippen LogP contribution in [0.4, 0.5) is 0 Å². The lowest BCUT2D eigenvalue weighted by molar-refractivity contribution is -0.137. The van der Waals surface area contributed by atoms with Crippen molar-refractivity contribution in [1.29, 1.82) is 0 Å². The molecular weight excluding hydrogens is 391 g/mol. The molecule has 0 radical (unpaired) electrons. The van der Waals surface area contributed by atoms with Gasteiger partial charge in [-0.1, -0.05) is 20.8 Å². The van der Waals surface area contributed by atoms with E-state index in [1.54, 1.807) is 11.3 Å². The molecule has 2 aliphatic heterocycles. The SMILES string of the molecule is CC(C)(C)c1nc(CN2CCN(C(=O)C3CCCNC3)CC2)cs1.Cl.Cl. The molecule has 1 atom stereocenters. The summed E-state index contributed by atoms with van der Waals surface area (Å²) >= 11 is 1.76. The van der Waals surface area contributed by atoms with Gasteiger partial charge in [0.25, 0.3) is 0 Å². The first-order valence-corrected chi connectivity index (χ1v) is 9.98. The molecule has 1 aromatic rings. The highest BCUT2D eigenvalue weighted by atomic mass is 35.5. The lowest BCUT2D eigenvalue weighted by Crippen LogP contribution is -2.51. The number of hydrogen-bond donors (Lipinski definition) is 1. The normalized spacial score (nSPS) is 21.7. The zero-order valence-electron chi connectivity index (χ0n) is 16.0. The molecule has 5 nitrogen and oxygen atoms in total. The first kappa shape index (κ1) is 23.6. The maximum atomic E-state index is 12.6. The van der Waals surface area contributed by atoms with E-state index >= 15 is 0 Å². The number of amides is 1. The molecule has 0 saturated carbocycles. The molecule has 26 heavy (non-hydrogen) atoms. The Hall–Kier alpha value is -0.400. The Morgan fingerprint density at radius 2 is 1.96 bits per heavy atom. The largest absolute Gasteiger partial charge is 0.340 e. The second kappa shape index (κ2) is 10.2. The van der Waals surface area contributed by atoms with E-state index in [9.17, 15) is 4.79 Å². The van der Waals surface area contributed by atoms with E-state index in [-0.39, 0.29) is 36.1 Å². The van der Waals surface area contributed by atoms with Crippen LogP contribution in [0.15, 0.2) is 5.38 Å². The van der Waals surface area contributed by atoms with Crippen molar-refractivity contribution in [3.63, 3.8) is 0 Å². The van der Waals surface area contributed by atoms with Crippen LogP contribution in [-0.2, 0) is 16.8 Å². The highest BCUT2D eigenvalue weighted by Crippen LogP contribution is 2.26. The van der Waals surface area contributed by atoms with E-state index in [2.05, 4.69) is 41.3 Å². The van der Waals surface area contributed by atoms with Crippen LogP contribution in [0.3, 0.4) is 0 Å². The van der Waals surface area contributed by atoms with E-state index in [0.29, 0.717) is 5.91 Å². The molecule has 8 heteroatoms. The third-order valence-corrected chi connectivity index (χ3v) is 6.23. The summed E-state index contributed by atoms with van der Waals surface area (Å²) in [5.74, 6) is 0.545. The number of nitrogens with zero attached hydrogens (tertiary/aromatic N) is 3. The van der Waals surface area contributed by atoms with Gasteiger partial charge < -0.3 is 10.2 Å². The minimum Gasteiger partial charge on any atom is -0.340 e. The zero-order chi connectivity index (χ0) is 17.2. The van der Waals surface area contributed by atoms with Crippen molar-refractivity contribution in [2.75, 3.05) is 39.3 Å². The number of nitrogens with one attached hydrogen (secondary N) is 1. The summed E-state index contributed by atoms with van der Waals surface area (Å²) in [6, 6.07) is 0. The molecule has 0 aromatic carbocycles. The maximum Gasteiger partial charge on any atom is 0.227 e. The van der Waals surface area contributed by atoms with Gasteiger partial charge >= 0.3 is 0 Å². The van der Waals surface area contributed by atoms with Gasteiger partial charge in [0.05, 0.1) is 16.6 Å². The van der Waals surface area contributed by atoms with Crippen LogP contribution in [-0.4, -0.2) is 60.0 Å². The quantitative estimate of drug-likeness (QED) is 0.812. The maximum absolute atomic E-state index is 12.6. The highest BCUT2D eigenvalue weighted by Gasteiger charge is 2.28. The fraction of sp³-hybridized carbons (Fsp3) is 0.778. The van der Waals surface area contributed by atoms with Gasteiger partial charge in [0.1, 0.15) is 0 Å². The average Bonchev–Trinajstić information content (AvgIpc) is 3.05. The third-order valence-electron chi connectivity index (χ3n) is 4.91. The van der Waals surface area contributed by atoms with Gasteiger partial charge in [0.15, 0.2) is 0 Å². The minimum absolute atomic E-state index is 0. The van der Waals surface area contributed by atoms with Gasteiger partial charge in [-0.2, -0.15) is 0 Å². The Labute approximate surface area is 173 Å². The fourth-order valence-electron chi connectivity index (χ4n) is 3.40. The predicted octanol–water partition coefficient (Wildman–Crippen LogP) is 2.93. The lowest BCUT2D eigenvalue weighted by Gasteiger charge is -2.37. The van der Waals surface area contributed by atoms with Crippen LogP contribution in [0.1, 0.15) is 44.3 Å². The summed E-state index contributed by atoms with van der Waals surface area (Å²) in [4.78, 5) is 21.9. The van der Waals surface area contributed by atoms with Crippen molar-refractivity contribution in [3.05, 3.63) is 16.1 Å². The summed E-state index contributed by atoms with van der Waals surface area (Å²) in [5.41, 5.74) is 1.29. The smallest absolute Gasteiger partial charge is 0.227 e. The molecule has 1 unspecified atom stereocenters. The lowest BCUT2D eigenvalue weighted by atomic mass is 9.98. The van der Waals surface area contributed by atoms with E-state index in [0.717, 1.165) is 58.7 Å². The van der Waals surface area contributed by atoms with Crippen LogP contribution in [0.25, 0.3) is 0 Å². The molecule has 150 valence electrons. The number of thiazole rings is 1. The molecule has 1 N–H and O–H groups in total. The summed E-state index contributed by atoms with van der Waals surface area (Å²) in [6.07, 6.45) is 2.16. The molecule has 0 aliphatic carbocycles. The first-order chi connectivity index (χ1) is 11.4. The van der Waals surface area contributed by atoms with Gasteiger partial charge in [-0.3, -0.25) is 9.69 Å². The highest BCUT2D eigenvalue weighted by molar-refractivity contribution is 7.09. The molecule has 1 amide bonds. The number of halogens is 2. The molecule has 3 heterocycles. The Bertz CT molecular complexity index is 562. The third kappa shape index (κ3) is 6.06. The standard InChI is InChI=1S/C18H30N4OS.2ClH/c1-18(2,3)17-20-15(13-24-17)12-21-7-9-22(10-8-21)16(23)14-5-4-6-19-11-14;;/h13-14,19H,4-12H2,1-3H3;2*1H. The first-order valence-electron chi connectivity index (χ1n) is 9.10. The zero-order valence-corrected chi connectivity index (χ0v) is 18.4. The van der Waals surface area contributed by atoms with Crippen LogP contribution in [0.5, 0.6) is 0 Å². The summed E-state index contributed by atoms with van der Waals surface area (Å²) in [5, 5.41) is 6.74. The van der Waals surface area contributed by atoms with Crippen molar-refractivity contribution in [2.24, 2.45) is 5.92 Å². The summed E-state index contributed by atoms with van der Waals surface area (Å²) in [6.45, 7) is 13.1. The Kier molecular flexibility index (Phi) is 9.30. The molecule has 0 spiro atoms. The Morgan fingerprint density at radius 3 is 2.50 bits per heavy atom. The average molecular weight is 423 g/mol. The number of piperazine rings is 1. The number of hydrogen-bond acceptors (Lipinski definition) is 5. The van der Waals surface area contributed by atoms with Crippen molar-refractivity contribution in [2.45, 2.75) is 45.6 Å². The Morgan fingerprint density at radius 1 is 1.27 bits per heavy atom. The summed E-state index contributed by atoms with van der Waals surface area (Å²) in [7, 11) is 0. The second-order valence-corrected chi connectivity index (χ2v) is 8.90. The van der Waals surface area contributed by atoms with Crippen LogP contribution in [0.2, 0.25) is 0 Å². The molecule has 2 aliphatic rings. The van der Waals surface area contributed by atoms with E-state index in [4.69, 9.17) is 4.98 Å². The molecule has 0 bridgehead atoms. The van der Waals surface area contributed by atoms with Gasteiger partial charge in [0.2, 0.25) is 5.91 Å². The van der Waals surface area contributed by atoms with Crippen molar-refractivity contribution < 1.29 is 4.79 Å². The molecule has 2 saturated heterocycles. The second-order valence-electron chi connectivity index (χ2n) is 8.04. The van der Waals surface area contributed by atoms with Crippen LogP contribution >= 0.6 is 36.2 Å². The van der Waals surface area contributed by atoms with Gasteiger partial charge in [-0.15, -0.1) is 36.2 Å². The molecular formula is C18H32Cl2N4OS. The van der Waals surface area contributed by atoms with Gasteiger partial charge in [0, 0.05) is 50.1 Å².